The Kier molecular flexibility index (Phi) is 2.40. The highest BCUT2D eigenvalue weighted by atomic mass is 15.1. The summed E-state index contributed by atoms with van der Waals surface area (Å²) < 4.78 is 2.07. The van der Waals surface area contributed by atoms with E-state index in [2.05, 4.69) is 47.4 Å². The second-order valence-electron chi connectivity index (χ2n) is 4.71. The van der Waals surface area contributed by atoms with Crippen molar-refractivity contribution in [1.82, 2.24) is 14.5 Å². The lowest BCUT2D eigenvalue weighted by molar-refractivity contribution is 1.03. The fourth-order valence-electron chi connectivity index (χ4n) is 2.57. The molecule has 0 radical (unpaired) electrons. The lowest BCUT2D eigenvalue weighted by Gasteiger charge is -2.12. The summed E-state index contributed by atoms with van der Waals surface area (Å²) in [4.78, 5) is 8.82. The Hall–Kier alpha value is -2.16. The molecule has 2 heterocycles. The molecule has 0 spiro atoms. The van der Waals surface area contributed by atoms with Gasteiger partial charge < -0.3 is 0 Å². The third-order valence-corrected chi connectivity index (χ3v) is 3.18. The first-order chi connectivity index (χ1) is 8.66. The van der Waals surface area contributed by atoms with Crippen LogP contribution in [0.5, 0.6) is 0 Å². The number of fused-ring (bicyclic) bond motifs is 1. The molecule has 0 saturated carbocycles. The molecule has 3 nitrogen and oxygen atoms in total. The first-order valence-corrected chi connectivity index (χ1v) is 6.03. The fourth-order valence-corrected chi connectivity index (χ4v) is 2.57. The van der Waals surface area contributed by atoms with Crippen LogP contribution in [-0.4, -0.2) is 14.5 Å². The number of hydrogen-bond acceptors (Lipinski definition) is 2. The van der Waals surface area contributed by atoms with Gasteiger partial charge in [0.25, 0.3) is 0 Å². The second-order valence-corrected chi connectivity index (χ2v) is 4.71. The lowest BCUT2D eigenvalue weighted by atomic mass is 10.1. The van der Waals surface area contributed by atoms with Crippen molar-refractivity contribution in [2.75, 3.05) is 0 Å². The van der Waals surface area contributed by atoms with Crippen molar-refractivity contribution < 1.29 is 0 Å². The number of aryl methyl sites for hydroxylation is 3. The Labute approximate surface area is 106 Å². The van der Waals surface area contributed by atoms with Crippen molar-refractivity contribution in [3.8, 4) is 5.69 Å². The van der Waals surface area contributed by atoms with Crippen LogP contribution in [0, 0.1) is 20.8 Å². The van der Waals surface area contributed by atoms with E-state index in [-0.39, 0.29) is 0 Å². The van der Waals surface area contributed by atoms with Gasteiger partial charge in [0.15, 0.2) is 5.65 Å². The van der Waals surface area contributed by atoms with Gasteiger partial charge in [-0.15, -0.1) is 0 Å². The largest absolute Gasteiger partial charge is 0.283 e. The Bertz CT molecular complexity index is 702. The van der Waals surface area contributed by atoms with Crippen LogP contribution in [0.1, 0.15) is 16.7 Å². The van der Waals surface area contributed by atoms with Crippen LogP contribution in [0.4, 0.5) is 0 Å². The van der Waals surface area contributed by atoms with E-state index in [0.29, 0.717) is 0 Å². The predicted octanol–water partition coefficient (Wildman–Crippen LogP) is 3.35. The molecule has 3 aromatic rings. The Morgan fingerprint density at radius 2 is 1.72 bits per heavy atom. The molecule has 18 heavy (non-hydrogen) atoms. The van der Waals surface area contributed by atoms with Crippen molar-refractivity contribution in [3.05, 3.63) is 53.5 Å². The number of benzene rings is 1. The molecule has 0 aliphatic rings. The highest BCUT2D eigenvalue weighted by Crippen LogP contribution is 2.23. The van der Waals surface area contributed by atoms with E-state index in [1.165, 1.54) is 22.4 Å². The summed E-state index contributed by atoms with van der Waals surface area (Å²) in [7, 11) is 0. The van der Waals surface area contributed by atoms with Crippen LogP contribution in [0.15, 0.2) is 36.8 Å². The van der Waals surface area contributed by atoms with Crippen LogP contribution in [-0.2, 0) is 0 Å². The number of nitrogens with zero attached hydrogens (tertiary/aromatic N) is 3. The molecule has 90 valence electrons. The van der Waals surface area contributed by atoms with E-state index in [4.69, 9.17) is 0 Å². The molecule has 0 amide bonds. The van der Waals surface area contributed by atoms with Gasteiger partial charge in [-0.1, -0.05) is 17.7 Å². The summed E-state index contributed by atoms with van der Waals surface area (Å²) in [5.74, 6) is 0. The summed E-state index contributed by atoms with van der Waals surface area (Å²) >= 11 is 0. The number of aromatic nitrogens is 3. The monoisotopic (exact) mass is 237 g/mol. The van der Waals surface area contributed by atoms with Gasteiger partial charge in [-0.05, 0) is 44.0 Å². The Balaban J connectivity index is 2.33. The first-order valence-electron chi connectivity index (χ1n) is 6.03. The number of rotatable bonds is 1. The van der Waals surface area contributed by atoms with Gasteiger partial charge in [0.2, 0.25) is 0 Å². The number of pyridine rings is 1. The van der Waals surface area contributed by atoms with E-state index in [1.807, 2.05) is 18.5 Å². The van der Waals surface area contributed by atoms with Crippen LogP contribution < -0.4 is 0 Å². The smallest absolute Gasteiger partial charge is 0.164 e. The zero-order valence-corrected chi connectivity index (χ0v) is 10.8. The number of imidazole rings is 1. The second kappa shape index (κ2) is 3.95. The summed E-state index contributed by atoms with van der Waals surface area (Å²) in [5.41, 5.74) is 6.80. The minimum atomic E-state index is 0.910. The van der Waals surface area contributed by atoms with Crippen molar-refractivity contribution in [3.63, 3.8) is 0 Å². The van der Waals surface area contributed by atoms with Gasteiger partial charge in [0, 0.05) is 6.20 Å². The molecule has 0 N–H and O–H groups in total. The average molecular weight is 237 g/mol. The molecule has 0 aliphatic carbocycles. The van der Waals surface area contributed by atoms with Crippen LogP contribution in [0.3, 0.4) is 0 Å². The lowest BCUT2D eigenvalue weighted by Crippen LogP contribution is -2.00. The van der Waals surface area contributed by atoms with Crippen molar-refractivity contribution in [2.45, 2.75) is 20.8 Å². The van der Waals surface area contributed by atoms with E-state index in [0.717, 1.165) is 11.2 Å². The SMILES string of the molecule is Cc1cc(C)c(-n2cnc3cccnc32)c(C)c1. The van der Waals surface area contributed by atoms with E-state index in [1.54, 1.807) is 6.20 Å². The molecule has 0 saturated heterocycles. The maximum atomic E-state index is 4.42. The molecule has 1 aromatic carbocycles. The van der Waals surface area contributed by atoms with Crippen molar-refractivity contribution >= 4 is 11.2 Å². The quantitative estimate of drug-likeness (QED) is 0.650. The van der Waals surface area contributed by atoms with Crippen LogP contribution >= 0.6 is 0 Å². The maximum Gasteiger partial charge on any atom is 0.164 e. The van der Waals surface area contributed by atoms with Gasteiger partial charge in [-0.3, -0.25) is 4.57 Å². The molecule has 0 fully saturated rings. The van der Waals surface area contributed by atoms with Gasteiger partial charge >= 0.3 is 0 Å². The summed E-state index contributed by atoms with van der Waals surface area (Å²) in [6, 6.07) is 8.28. The van der Waals surface area contributed by atoms with Gasteiger partial charge in [0.1, 0.15) is 11.8 Å². The fraction of sp³-hybridized carbons (Fsp3) is 0.200. The summed E-state index contributed by atoms with van der Waals surface area (Å²) in [6.07, 6.45) is 3.65. The minimum absolute atomic E-state index is 0.910. The highest BCUT2D eigenvalue weighted by molar-refractivity contribution is 5.73. The van der Waals surface area contributed by atoms with Crippen LogP contribution in [0.25, 0.3) is 16.9 Å². The molecule has 3 heteroatoms. The Morgan fingerprint density at radius 3 is 2.44 bits per heavy atom. The molecular weight excluding hydrogens is 222 g/mol. The van der Waals surface area contributed by atoms with Crippen molar-refractivity contribution in [2.24, 2.45) is 0 Å². The molecule has 2 aromatic heterocycles. The zero-order valence-electron chi connectivity index (χ0n) is 10.8. The third-order valence-electron chi connectivity index (χ3n) is 3.18. The molecular formula is C15H15N3. The molecule has 0 atom stereocenters. The first kappa shape index (κ1) is 11.0. The third kappa shape index (κ3) is 1.59. The summed E-state index contributed by atoms with van der Waals surface area (Å²) in [5, 5.41) is 0. The number of hydrogen-bond donors (Lipinski definition) is 0. The van der Waals surface area contributed by atoms with E-state index in [9.17, 15) is 0 Å². The van der Waals surface area contributed by atoms with Crippen molar-refractivity contribution in [1.29, 1.82) is 0 Å². The molecule has 3 rings (SSSR count). The zero-order chi connectivity index (χ0) is 12.7. The standard InChI is InChI=1S/C15H15N3/c1-10-7-11(2)14(12(3)8-10)18-9-17-13-5-4-6-16-15(13)18/h4-9H,1-3H3. The molecule has 0 unspecified atom stereocenters. The van der Waals surface area contributed by atoms with E-state index < -0.39 is 0 Å². The van der Waals surface area contributed by atoms with Gasteiger partial charge in [0.05, 0.1) is 5.69 Å². The molecule has 0 aliphatic heterocycles. The summed E-state index contributed by atoms with van der Waals surface area (Å²) in [6.45, 7) is 6.38. The average Bonchev–Trinajstić information content (AvgIpc) is 2.72. The normalized spacial score (nSPS) is 11.1. The van der Waals surface area contributed by atoms with Gasteiger partial charge in [-0.2, -0.15) is 0 Å². The van der Waals surface area contributed by atoms with Gasteiger partial charge in [-0.25, -0.2) is 9.97 Å². The maximum absolute atomic E-state index is 4.42. The topological polar surface area (TPSA) is 30.7 Å². The van der Waals surface area contributed by atoms with E-state index >= 15 is 0 Å². The Morgan fingerprint density at radius 1 is 1.00 bits per heavy atom. The highest BCUT2D eigenvalue weighted by Gasteiger charge is 2.10. The molecule has 0 bridgehead atoms. The predicted molar refractivity (Wildman–Crippen MR) is 73.1 cm³/mol. The van der Waals surface area contributed by atoms with Crippen LogP contribution in [0.2, 0.25) is 0 Å². The minimum Gasteiger partial charge on any atom is -0.283 e.